The van der Waals surface area contributed by atoms with Gasteiger partial charge in [0.05, 0.1) is 18.1 Å². The number of amides is 1. The van der Waals surface area contributed by atoms with Gasteiger partial charge in [-0.05, 0) is 17.5 Å². The molecule has 0 saturated carbocycles. The fourth-order valence-electron chi connectivity index (χ4n) is 1.57. The molecule has 1 amide bonds. The summed E-state index contributed by atoms with van der Waals surface area (Å²) in [5.74, 6) is -1.29. The number of hydrogen-bond acceptors (Lipinski definition) is 3. The Morgan fingerprint density at radius 2 is 1.89 bits per heavy atom. The molecule has 1 rings (SSSR count). The summed E-state index contributed by atoms with van der Waals surface area (Å²) in [7, 11) is 0. The number of benzene rings is 1. The van der Waals surface area contributed by atoms with E-state index in [0.29, 0.717) is 5.56 Å². The van der Waals surface area contributed by atoms with Gasteiger partial charge in [-0.3, -0.25) is 4.79 Å². The summed E-state index contributed by atoms with van der Waals surface area (Å²) in [6, 6.07) is 6.39. The Labute approximate surface area is 112 Å². The molecule has 5 nitrogen and oxygen atoms in total. The van der Waals surface area contributed by atoms with Crippen molar-refractivity contribution in [2.24, 2.45) is 5.92 Å². The smallest absolute Gasteiger partial charge is 0.335 e. The number of carbonyl (C=O) groups is 2. The molecule has 1 aromatic carbocycles. The van der Waals surface area contributed by atoms with Crippen molar-refractivity contribution >= 4 is 11.9 Å². The first-order chi connectivity index (χ1) is 8.91. The van der Waals surface area contributed by atoms with Crippen LogP contribution in [0, 0.1) is 5.92 Å². The van der Waals surface area contributed by atoms with Crippen LogP contribution in [-0.4, -0.2) is 34.7 Å². The first-order valence-corrected chi connectivity index (χ1v) is 6.17. The SMILES string of the molecule is CC(C)C(O)CNC(=O)Cc1ccccc1C(=O)O. The zero-order valence-electron chi connectivity index (χ0n) is 11.1. The molecule has 3 N–H and O–H groups in total. The summed E-state index contributed by atoms with van der Waals surface area (Å²) in [6.45, 7) is 3.89. The van der Waals surface area contributed by atoms with E-state index >= 15 is 0 Å². The highest BCUT2D eigenvalue weighted by molar-refractivity contribution is 5.91. The Bertz CT molecular complexity index is 457. The first-order valence-electron chi connectivity index (χ1n) is 6.17. The van der Waals surface area contributed by atoms with E-state index in [4.69, 9.17) is 5.11 Å². The maximum atomic E-state index is 11.7. The lowest BCUT2D eigenvalue weighted by Gasteiger charge is -2.15. The fourth-order valence-corrected chi connectivity index (χ4v) is 1.57. The lowest BCUT2D eigenvalue weighted by molar-refractivity contribution is -0.121. The van der Waals surface area contributed by atoms with Crippen LogP contribution in [0.1, 0.15) is 29.8 Å². The molecule has 0 fully saturated rings. The number of carboxylic acids is 1. The lowest BCUT2D eigenvalue weighted by atomic mass is 10.0. The molecule has 1 aromatic rings. The minimum absolute atomic E-state index is 0.00666. The van der Waals surface area contributed by atoms with Crippen LogP contribution < -0.4 is 5.32 Å². The number of aliphatic hydroxyl groups excluding tert-OH is 1. The zero-order valence-corrected chi connectivity index (χ0v) is 11.1. The van der Waals surface area contributed by atoms with E-state index in [1.54, 1.807) is 18.2 Å². The quantitative estimate of drug-likeness (QED) is 0.718. The van der Waals surface area contributed by atoms with Crippen LogP contribution in [0.3, 0.4) is 0 Å². The summed E-state index contributed by atoms with van der Waals surface area (Å²) in [5, 5.41) is 21.2. The van der Waals surface area contributed by atoms with Crippen molar-refractivity contribution in [2.45, 2.75) is 26.4 Å². The second-order valence-corrected chi connectivity index (χ2v) is 4.75. The van der Waals surface area contributed by atoms with Crippen LogP contribution >= 0.6 is 0 Å². The zero-order chi connectivity index (χ0) is 14.4. The Kier molecular flexibility index (Phi) is 5.51. The van der Waals surface area contributed by atoms with Gasteiger partial charge in [-0.2, -0.15) is 0 Å². The summed E-state index contributed by atoms with van der Waals surface area (Å²) >= 11 is 0. The maximum Gasteiger partial charge on any atom is 0.335 e. The van der Waals surface area contributed by atoms with Gasteiger partial charge in [0.25, 0.3) is 0 Å². The van der Waals surface area contributed by atoms with Crippen molar-refractivity contribution in [1.82, 2.24) is 5.32 Å². The van der Waals surface area contributed by atoms with Gasteiger partial charge in [0.1, 0.15) is 0 Å². The van der Waals surface area contributed by atoms with Gasteiger partial charge < -0.3 is 15.5 Å². The molecule has 0 aromatic heterocycles. The highest BCUT2D eigenvalue weighted by Gasteiger charge is 2.14. The standard InChI is InChI=1S/C14H19NO4/c1-9(2)12(16)8-15-13(17)7-10-5-3-4-6-11(10)14(18)19/h3-6,9,12,16H,7-8H2,1-2H3,(H,15,17)(H,18,19). The molecule has 104 valence electrons. The Morgan fingerprint density at radius 1 is 1.26 bits per heavy atom. The summed E-state index contributed by atoms with van der Waals surface area (Å²) < 4.78 is 0. The maximum absolute atomic E-state index is 11.7. The van der Waals surface area contributed by atoms with Crippen LogP contribution in [-0.2, 0) is 11.2 Å². The van der Waals surface area contributed by atoms with Crippen LogP contribution in [0.4, 0.5) is 0 Å². The predicted octanol–water partition coefficient (Wildman–Crippen LogP) is 1.06. The number of rotatable bonds is 6. The van der Waals surface area contributed by atoms with E-state index in [1.807, 2.05) is 13.8 Å². The highest BCUT2D eigenvalue weighted by atomic mass is 16.4. The van der Waals surface area contributed by atoms with Crippen molar-refractivity contribution in [3.05, 3.63) is 35.4 Å². The molecule has 1 atom stereocenters. The molecular weight excluding hydrogens is 246 g/mol. The third-order valence-electron chi connectivity index (χ3n) is 2.88. The van der Waals surface area contributed by atoms with E-state index in [9.17, 15) is 14.7 Å². The van der Waals surface area contributed by atoms with Crippen LogP contribution in [0.25, 0.3) is 0 Å². The van der Waals surface area contributed by atoms with E-state index in [1.165, 1.54) is 6.07 Å². The van der Waals surface area contributed by atoms with E-state index < -0.39 is 12.1 Å². The molecule has 1 unspecified atom stereocenters. The summed E-state index contributed by atoms with van der Waals surface area (Å²) in [5.41, 5.74) is 0.591. The third kappa shape index (κ3) is 4.71. The van der Waals surface area contributed by atoms with E-state index in [0.717, 1.165) is 0 Å². The normalized spacial score (nSPS) is 12.2. The average molecular weight is 265 g/mol. The highest BCUT2D eigenvalue weighted by Crippen LogP contribution is 2.09. The third-order valence-corrected chi connectivity index (χ3v) is 2.88. The lowest BCUT2D eigenvalue weighted by Crippen LogP contribution is -2.35. The number of carboxylic acid groups (broad SMARTS) is 1. The van der Waals surface area contributed by atoms with Gasteiger partial charge in [0, 0.05) is 6.54 Å². The predicted molar refractivity (Wildman–Crippen MR) is 71.0 cm³/mol. The molecule has 0 radical (unpaired) electrons. The Balaban J connectivity index is 2.60. The molecular formula is C14H19NO4. The summed E-state index contributed by atoms with van der Waals surface area (Å²) in [4.78, 5) is 22.7. The number of nitrogens with one attached hydrogen (secondary N) is 1. The van der Waals surface area contributed by atoms with Crippen molar-refractivity contribution in [1.29, 1.82) is 0 Å². The summed E-state index contributed by atoms with van der Waals surface area (Å²) in [6.07, 6.45) is -0.605. The molecule has 0 aliphatic carbocycles. The molecule has 0 bridgehead atoms. The molecule has 0 aliphatic rings. The molecule has 0 aliphatic heterocycles. The fraction of sp³-hybridized carbons (Fsp3) is 0.429. The van der Waals surface area contributed by atoms with Crippen molar-refractivity contribution in [3.63, 3.8) is 0 Å². The molecule has 0 saturated heterocycles. The van der Waals surface area contributed by atoms with Gasteiger partial charge in [-0.25, -0.2) is 4.79 Å². The molecule has 0 spiro atoms. The van der Waals surface area contributed by atoms with Gasteiger partial charge in [-0.1, -0.05) is 32.0 Å². The van der Waals surface area contributed by atoms with Crippen LogP contribution in [0.15, 0.2) is 24.3 Å². The average Bonchev–Trinajstić information content (AvgIpc) is 2.36. The van der Waals surface area contributed by atoms with Crippen molar-refractivity contribution < 1.29 is 19.8 Å². The first kappa shape index (κ1) is 15.2. The van der Waals surface area contributed by atoms with E-state index in [-0.39, 0.29) is 30.4 Å². The van der Waals surface area contributed by atoms with Crippen molar-refractivity contribution in [2.75, 3.05) is 6.54 Å². The topological polar surface area (TPSA) is 86.6 Å². The van der Waals surface area contributed by atoms with Gasteiger partial charge >= 0.3 is 5.97 Å². The number of hydrogen-bond donors (Lipinski definition) is 3. The second kappa shape index (κ2) is 6.89. The largest absolute Gasteiger partial charge is 0.478 e. The number of aromatic carboxylic acids is 1. The van der Waals surface area contributed by atoms with Crippen LogP contribution in [0.2, 0.25) is 0 Å². The van der Waals surface area contributed by atoms with Gasteiger partial charge in [-0.15, -0.1) is 0 Å². The minimum atomic E-state index is -1.05. The van der Waals surface area contributed by atoms with Crippen LogP contribution in [0.5, 0.6) is 0 Å². The Hall–Kier alpha value is -1.88. The number of carbonyl (C=O) groups excluding carboxylic acids is 1. The van der Waals surface area contributed by atoms with E-state index in [2.05, 4.69) is 5.32 Å². The van der Waals surface area contributed by atoms with Crippen molar-refractivity contribution in [3.8, 4) is 0 Å². The number of aliphatic hydroxyl groups is 1. The Morgan fingerprint density at radius 3 is 2.47 bits per heavy atom. The monoisotopic (exact) mass is 265 g/mol. The molecule has 19 heavy (non-hydrogen) atoms. The minimum Gasteiger partial charge on any atom is -0.478 e. The second-order valence-electron chi connectivity index (χ2n) is 4.75. The molecule has 5 heteroatoms. The van der Waals surface area contributed by atoms with Gasteiger partial charge in [0.15, 0.2) is 0 Å². The molecule has 0 heterocycles. The van der Waals surface area contributed by atoms with Gasteiger partial charge in [0.2, 0.25) is 5.91 Å².